The summed E-state index contributed by atoms with van der Waals surface area (Å²) in [5, 5.41) is 6.61. The normalized spacial score (nSPS) is 19.7. The second-order valence-electron chi connectivity index (χ2n) is 6.53. The minimum Gasteiger partial charge on any atom is -0.379 e. The zero-order valence-electron chi connectivity index (χ0n) is 14.1. The molecule has 2 aliphatic heterocycles. The van der Waals surface area contributed by atoms with E-state index in [0.29, 0.717) is 32.7 Å². The largest absolute Gasteiger partial charge is 0.379 e. The van der Waals surface area contributed by atoms with Gasteiger partial charge in [-0.25, -0.2) is 0 Å². The first-order chi connectivity index (χ1) is 11.6. The van der Waals surface area contributed by atoms with Crippen LogP contribution in [0, 0.1) is 0 Å². The number of carbonyl (C=O) groups is 2. The Kier molecular flexibility index (Phi) is 5.04. The number of anilines is 1. The molecule has 1 spiro atoms. The van der Waals surface area contributed by atoms with E-state index >= 15 is 0 Å². The van der Waals surface area contributed by atoms with Crippen molar-refractivity contribution < 1.29 is 14.3 Å². The van der Waals surface area contributed by atoms with E-state index in [1.165, 1.54) is 0 Å². The van der Waals surface area contributed by atoms with Crippen molar-refractivity contribution in [2.45, 2.75) is 38.3 Å². The molecule has 0 unspecified atom stereocenters. The van der Waals surface area contributed by atoms with Crippen molar-refractivity contribution in [1.29, 1.82) is 0 Å². The standard InChI is InChI=1S/C18H25N3O3/c1-2-24-13-17(23)21-9-7-18(8-10-21)11-16(22)19-12-14-5-3-4-6-15(14)20-18/h3-6,20H,2,7-13H2,1H3,(H,19,22). The number of hydrogen-bond acceptors (Lipinski definition) is 4. The molecule has 130 valence electrons. The van der Waals surface area contributed by atoms with Gasteiger partial charge in [0.05, 0.1) is 0 Å². The van der Waals surface area contributed by atoms with Gasteiger partial charge >= 0.3 is 0 Å². The fourth-order valence-electron chi connectivity index (χ4n) is 3.46. The molecule has 0 aliphatic carbocycles. The molecule has 1 aromatic rings. The van der Waals surface area contributed by atoms with Crippen LogP contribution < -0.4 is 10.6 Å². The van der Waals surface area contributed by atoms with Crippen molar-refractivity contribution in [3.63, 3.8) is 0 Å². The van der Waals surface area contributed by atoms with E-state index in [-0.39, 0.29) is 24.0 Å². The first-order valence-corrected chi connectivity index (χ1v) is 8.60. The van der Waals surface area contributed by atoms with Crippen LogP contribution in [-0.2, 0) is 20.9 Å². The smallest absolute Gasteiger partial charge is 0.248 e. The first-order valence-electron chi connectivity index (χ1n) is 8.60. The summed E-state index contributed by atoms with van der Waals surface area (Å²) in [5.74, 6) is 0.0912. The molecule has 6 nitrogen and oxygen atoms in total. The molecule has 0 aromatic heterocycles. The van der Waals surface area contributed by atoms with E-state index in [4.69, 9.17) is 4.74 Å². The Morgan fingerprint density at radius 3 is 2.79 bits per heavy atom. The van der Waals surface area contributed by atoms with E-state index < -0.39 is 0 Å². The van der Waals surface area contributed by atoms with Crippen molar-refractivity contribution in [3.8, 4) is 0 Å². The Morgan fingerprint density at radius 1 is 1.29 bits per heavy atom. The van der Waals surface area contributed by atoms with Crippen LogP contribution in [0.5, 0.6) is 0 Å². The maximum Gasteiger partial charge on any atom is 0.248 e. The summed E-state index contributed by atoms with van der Waals surface area (Å²) in [7, 11) is 0. The second-order valence-corrected chi connectivity index (χ2v) is 6.53. The molecule has 6 heteroatoms. The third kappa shape index (κ3) is 3.70. The van der Waals surface area contributed by atoms with Gasteiger partial charge in [-0.3, -0.25) is 9.59 Å². The average molecular weight is 331 g/mol. The van der Waals surface area contributed by atoms with E-state index in [2.05, 4.69) is 16.7 Å². The Balaban J connectivity index is 1.71. The maximum absolute atomic E-state index is 12.2. The minimum atomic E-state index is -0.289. The van der Waals surface area contributed by atoms with Gasteiger partial charge in [-0.05, 0) is 31.4 Å². The summed E-state index contributed by atoms with van der Waals surface area (Å²) in [6.45, 7) is 4.41. The van der Waals surface area contributed by atoms with Crippen molar-refractivity contribution in [2.75, 3.05) is 31.6 Å². The highest BCUT2D eigenvalue weighted by atomic mass is 16.5. The van der Waals surface area contributed by atoms with E-state index in [9.17, 15) is 9.59 Å². The number of likely N-dealkylation sites (tertiary alicyclic amines) is 1. The lowest BCUT2D eigenvalue weighted by Crippen LogP contribution is -2.54. The number of rotatable bonds is 3. The molecule has 0 atom stereocenters. The molecular formula is C18H25N3O3. The zero-order chi connectivity index (χ0) is 17.0. The highest BCUT2D eigenvalue weighted by Gasteiger charge is 2.38. The number of nitrogens with one attached hydrogen (secondary N) is 2. The number of hydrogen-bond donors (Lipinski definition) is 2. The highest BCUT2D eigenvalue weighted by molar-refractivity contribution is 5.80. The molecule has 24 heavy (non-hydrogen) atoms. The van der Waals surface area contributed by atoms with Gasteiger partial charge in [-0.15, -0.1) is 0 Å². The fourth-order valence-corrected chi connectivity index (χ4v) is 3.46. The molecule has 0 bridgehead atoms. The summed E-state index contributed by atoms with van der Waals surface area (Å²) in [4.78, 5) is 26.2. The Morgan fingerprint density at radius 2 is 2.04 bits per heavy atom. The molecule has 1 saturated heterocycles. The summed E-state index contributed by atoms with van der Waals surface area (Å²) < 4.78 is 5.21. The molecule has 3 rings (SSSR count). The number of ether oxygens (including phenoxy) is 1. The second kappa shape index (κ2) is 7.21. The SMILES string of the molecule is CCOCC(=O)N1CCC2(CC1)CC(=O)NCc1ccccc1N2. The predicted molar refractivity (Wildman–Crippen MR) is 91.6 cm³/mol. The van der Waals surface area contributed by atoms with Crippen LogP contribution in [0.4, 0.5) is 5.69 Å². The van der Waals surface area contributed by atoms with Gasteiger partial charge in [-0.2, -0.15) is 0 Å². The average Bonchev–Trinajstić information content (AvgIpc) is 2.58. The number of carbonyl (C=O) groups excluding carboxylic acids is 2. The number of piperidine rings is 1. The molecular weight excluding hydrogens is 306 g/mol. The Bertz CT molecular complexity index is 609. The molecule has 1 aromatic carbocycles. The lowest BCUT2D eigenvalue weighted by Gasteiger charge is -2.44. The number of benzene rings is 1. The third-order valence-corrected chi connectivity index (χ3v) is 4.90. The molecule has 1 fully saturated rings. The van der Waals surface area contributed by atoms with Crippen LogP contribution in [-0.4, -0.2) is 48.6 Å². The zero-order valence-corrected chi connectivity index (χ0v) is 14.1. The number of amides is 2. The van der Waals surface area contributed by atoms with Gasteiger partial charge < -0.3 is 20.3 Å². The molecule has 2 heterocycles. The predicted octanol–water partition coefficient (Wildman–Crippen LogP) is 1.52. The quantitative estimate of drug-likeness (QED) is 0.881. The summed E-state index contributed by atoms with van der Waals surface area (Å²) in [6.07, 6.45) is 1.95. The van der Waals surface area contributed by atoms with Crippen LogP contribution in [0.15, 0.2) is 24.3 Å². The highest BCUT2D eigenvalue weighted by Crippen LogP contribution is 2.33. The van der Waals surface area contributed by atoms with E-state index in [1.807, 2.05) is 30.0 Å². The summed E-state index contributed by atoms with van der Waals surface area (Å²) >= 11 is 0. The van der Waals surface area contributed by atoms with Crippen molar-refractivity contribution >= 4 is 17.5 Å². The fraction of sp³-hybridized carbons (Fsp3) is 0.556. The van der Waals surface area contributed by atoms with Crippen LogP contribution in [0.1, 0.15) is 31.7 Å². The van der Waals surface area contributed by atoms with Gasteiger partial charge in [0.2, 0.25) is 11.8 Å². The lowest BCUT2D eigenvalue weighted by molar-refractivity contribution is -0.137. The maximum atomic E-state index is 12.2. The molecule has 2 amide bonds. The van der Waals surface area contributed by atoms with Crippen LogP contribution in [0.25, 0.3) is 0 Å². The molecule has 2 N–H and O–H groups in total. The summed E-state index contributed by atoms with van der Waals surface area (Å²) in [6, 6.07) is 8.07. The van der Waals surface area contributed by atoms with Gasteiger partial charge in [0.25, 0.3) is 0 Å². The third-order valence-electron chi connectivity index (χ3n) is 4.90. The molecule has 0 radical (unpaired) electrons. The topological polar surface area (TPSA) is 70.7 Å². The number of para-hydroxylation sites is 1. The first kappa shape index (κ1) is 16.8. The Labute approximate surface area is 142 Å². The minimum absolute atomic E-state index is 0.0300. The lowest BCUT2D eigenvalue weighted by atomic mass is 9.82. The summed E-state index contributed by atoms with van der Waals surface area (Å²) in [5.41, 5.74) is 1.88. The van der Waals surface area contributed by atoms with Gasteiger partial charge in [-0.1, -0.05) is 18.2 Å². The monoisotopic (exact) mass is 331 g/mol. The van der Waals surface area contributed by atoms with Crippen LogP contribution >= 0.6 is 0 Å². The molecule has 0 saturated carbocycles. The Hall–Kier alpha value is -2.08. The van der Waals surface area contributed by atoms with Crippen molar-refractivity contribution in [1.82, 2.24) is 10.2 Å². The van der Waals surface area contributed by atoms with E-state index in [0.717, 1.165) is 24.1 Å². The van der Waals surface area contributed by atoms with Gasteiger partial charge in [0.1, 0.15) is 6.61 Å². The van der Waals surface area contributed by atoms with Gasteiger partial charge in [0.15, 0.2) is 0 Å². The van der Waals surface area contributed by atoms with Gasteiger partial charge in [0, 0.05) is 43.9 Å². The van der Waals surface area contributed by atoms with Crippen LogP contribution in [0.2, 0.25) is 0 Å². The number of fused-ring (bicyclic) bond motifs is 1. The van der Waals surface area contributed by atoms with Crippen molar-refractivity contribution in [3.05, 3.63) is 29.8 Å². The van der Waals surface area contributed by atoms with Crippen molar-refractivity contribution in [2.24, 2.45) is 0 Å². The van der Waals surface area contributed by atoms with Crippen LogP contribution in [0.3, 0.4) is 0 Å². The number of nitrogens with zero attached hydrogens (tertiary/aromatic N) is 1. The van der Waals surface area contributed by atoms with E-state index in [1.54, 1.807) is 0 Å². The molecule has 2 aliphatic rings.